The predicted molar refractivity (Wildman–Crippen MR) is 84.4 cm³/mol. The number of carbonyl (C=O) groups is 1. The van der Waals surface area contributed by atoms with Crippen LogP contribution in [0, 0.1) is 6.92 Å². The molecule has 2 aromatic rings. The van der Waals surface area contributed by atoms with Gasteiger partial charge in [0.1, 0.15) is 0 Å². The highest BCUT2D eigenvalue weighted by molar-refractivity contribution is 5.94. The van der Waals surface area contributed by atoms with E-state index >= 15 is 0 Å². The van der Waals surface area contributed by atoms with Crippen molar-refractivity contribution < 1.29 is 9.63 Å². The molecule has 21 heavy (non-hydrogen) atoms. The van der Waals surface area contributed by atoms with E-state index in [1.54, 1.807) is 13.1 Å². The van der Waals surface area contributed by atoms with E-state index in [4.69, 9.17) is 4.84 Å². The van der Waals surface area contributed by atoms with Gasteiger partial charge in [0.05, 0.1) is 6.21 Å². The van der Waals surface area contributed by atoms with Crippen LogP contribution < -0.4 is 5.32 Å². The molecule has 0 aliphatic heterocycles. The third-order valence-corrected chi connectivity index (χ3v) is 2.88. The Labute approximate surface area is 124 Å². The van der Waals surface area contributed by atoms with Crippen LogP contribution in [0.1, 0.15) is 18.1 Å². The average molecular weight is 282 g/mol. The lowest BCUT2D eigenvalue weighted by Crippen LogP contribution is -2.26. The Hall–Kier alpha value is -2.62. The summed E-state index contributed by atoms with van der Waals surface area (Å²) in [6.45, 7) is 3.63. The predicted octanol–water partition coefficient (Wildman–Crippen LogP) is 3.37. The highest BCUT2D eigenvalue weighted by Crippen LogP contribution is 2.10. The van der Waals surface area contributed by atoms with Gasteiger partial charge in [-0.15, -0.1) is 0 Å². The van der Waals surface area contributed by atoms with Crippen LogP contribution in [0.3, 0.4) is 0 Å². The molecule has 1 N–H and O–H groups in total. The molecule has 0 spiro atoms. The largest absolute Gasteiger partial charge is 0.383 e. The Balaban J connectivity index is 1.87. The van der Waals surface area contributed by atoms with Gasteiger partial charge in [-0.05, 0) is 37.1 Å². The van der Waals surface area contributed by atoms with Crippen LogP contribution in [-0.2, 0) is 9.63 Å². The van der Waals surface area contributed by atoms with Crippen LogP contribution in [0.5, 0.6) is 0 Å². The number of benzene rings is 2. The Kier molecular flexibility index (Phi) is 5.10. The summed E-state index contributed by atoms with van der Waals surface area (Å²) in [5.74, 6) is -0.231. The fourth-order valence-electron chi connectivity index (χ4n) is 1.74. The Bertz CT molecular complexity index is 624. The molecule has 2 aromatic carbocycles. The summed E-state index contributed by atoms with van der Waals surface area (Å²) in [6, 6.07) is 17.2. The summed E-state index contributed by atoms with van der Waals surface area (Å²) in [6.07, 6.45) is 0.918. The zero-order chi connectivity index (χ0) is 15.1. The van der Waals surface area contributed by atoms with Crippen LogP contribution in [-0.4, -0.2) is 18.2 Å². The van der Waals surface area contributed by atoms with Crippen LogP contribution in [0.2, 0.25) is 0 Å². The molecule has 108 valence electrons. The Morgan fingerprint density at radius 2 is 1.95 bits per heavy atom. The van der Waals surface area contributed by atoms with Gasteiger partial charge in [-0.3, -0.25) is 4.79 Å². The molecule has 0 aromatic heterocycles. The molecule has 4 nitrogen and oxygen atoms in total. The minimum Gasteiger partial charge on any atom is -0.383 e. The first kappa shape index (κ1) is 14.8. The van der Waals surface area contributed by atoms with Crippen molar-refractivity contribution in [1.29, 1.82) is 0 Å². The molecule has 0 radical (unpaired) electrons. The number of nitrogens with zero attached hydrogens (tertiary/aromatic N) is 1. The smallest absolute Gasteiger partial charge is 0.267 e. The van der Waals surface area contributed by atoms with E-state index in [9.17, 15) is 4.79 Å². The van der Waals surface area contributed by atoms with Crippen LogP contribution in [0.15, 0.2) is 59.8 Å². The van der Waals surface area contributed by atoms with Gasteiger partial charge in [0, 0.05) is 5.69 Å². The van der Waals surface area contributed by atoms with Crippen LogP contribution in [0.25, 0.3) is 0 Å². The van der Waals surface area contributed by atoms with Crippen molar-refractivity contribution in [2.24, 2.45) is 5.16 Å². The quantitative estimate of drug-likeness (QED) is 0.675. The van der Waals surface area contributed by atoms with Crippen molar-refractivity contribution in [3.05, 3.63) is 65.7 Å². The number of hydrogen-bond donors (Lipinski definition) is 1. The van der Waals surface area contributed by atoms with E-state index in [2.05, 4.69) is 10.5 Å². The highest BCUT2D eigenvalue weighted by atomic mass is 16.6. The molecule has 0 unspecified atom stereocenters. The number of anilines is 1. The SMILES string of the molecule is Cc1cccc(NC(=O)[C@@H](C)O/N=C\c2ccccc2)c1. The second-order valence-electron chi connectivity index (χ2n) is 4.75. The summed E-state index contributed by atoms with van der Waals surface area (Å²) in [4.78, 5) is 17.1. The number of aryl methyl sites for hydroxylation is 1. The molecule has 0 heterocycles. The van der Waals surface area contributed by atoms with E-state index in [0.717, 1.165) is 16.8 Å². The fraction of sp³-hybridized carbons (Fsp3) is 0.176. The molecule has 0 aliphatic rings. The number of oxime groups is 1. The lowest BCUT2D eigenvalue weighted by atomic mass is 10.2. The topological polar surface area (TPSA) is 50.7 Å². The standard InChI is InChI=1S/C17H18N2O2/c1-13-7-6-10-16(11-13)19-17(20)14(2)21-18-12-15-8-4-3-5-9-15/h3-12,14H,1-2H3,(H,19,20)/b18-12-/t14-/m1/s1. The number of hydrogen-bond acceptors (Lipinski definition) is 3. The first-order valence-electron chi connectivity index (χ1n) is 6.77. The van der Waals surface area contributed by atoms with Crippen LogP contribution >= 0.6 is 0 Å². The van der Waals surface area contributed by atoms with Gasteiger partial charge < -0.3 is 10.2 Å². The molecule has 0 bridgehead atoms. The molecule has 0 fully saturated rings. The number of carbonyl (C=O) groups excluding carboxylic acids is 1. The molecule has 2 rings (SSSR count). The van der Waals surface area contributed by atoms with Gasteiger partial charge in [-0.1, -0.05) is 47.6 Å². The normalized spacial score (nSPS) is 12.1. The number of nitrogens with one attached hydrogen (secondary N) is 1. The van der Waals surface area contributed by atoms with Gasteiger partial charge in [0.15, 0.2) is 0 Å². The molecule has 1 atom stereocenters. The minimum atomic E-state index is -0.662. The lowest BCUT2D eigenvalue weighted by molar-refractivity contribution is -0.126. The summed E-state index contributed by atoms with van der Waals surface area (Å²) < 4.78 is 0. The van der Waals surface area contributed by atoms with Crippen molar-refractivity contribution in [3.63, 3.8) is 0 Å². The van der Waals surface area contributed by atoms with Gasteiger partial charge >= 0.3 is 0 Å². The van der Waals surface area contributed by atoms with E-state index in [0.29, 0.717) is 0 Å². The second-order valence-corrected chi connectivity index (χ2v) is 4.75. The van der Waals surface area contributed by atoms with Gasteiger partial charge in [0.2, 0.25) is 6.10 Å². The molecule has 0 saturated carbocycles. The monoisotopic (exact) mass is 282 g/mol. The van der Waals surface area contributed by atoms with Gasteiger partial charge in [-0.25, -0.2) is 0 Å². The zero-order valence-electron chi connectivity index (χ0n) is 12.1. The van der Waals surface area contributed by atoms with E-state index < -0.39 is 6.10 Å². The maximum absolute atomic E-state index is 12.0. The fourth-order valence-corrected chi connectivity index (χ4v) is 1.74. The third kappa shape index (κ3) is 4.76. The molecule has 0 saturated heterocycles. The zero-order valence-corrected chi connectivity index (χ0v) is 12.1. The van der Waals surface area contributed by atoms with E-state index in [1.807, 2.05) is 61.5 Å². The van der Waals surface area contributed by atoms with Gasteiger partial charge in [0.25, 0.3) is 5.91 Å². The van der Waals surface area contributed by atoms with Crippen molar-refractivity contribution >= 4 is 17.8 Å². The average Bonchev–Trinajstić information content (AvgIpc) is 2.48. The molecular formula is C17H18N2O2. The van der Waals surface area contributed by atoms with E-state index in [1.165, 1.54) is 0 Å². The lowest BCUT2D eigenvalue weighted by Gasteiger charge is -2.10. The molecular weight excluding hydrogens is 264 g/mol. The maximum Gasteiger partial charge on any atom is 0.267 e. The number of amides is 1. The highest BCUT2D eigenvalue weighted by Gasteiger charge is 2.13. The van der Waals surface area contributed by atoms with Crippen molar-refractivity contribution in [2.75, 3.05) is 5.32 Å². The summed E-state index contributed by atoms with van der Waals surface area (Å²) in [5, 5.41) is 6.63. The molecule has 0 aliphatic carbocycles. The second kappa shape index (κ2) is 7.24. The van der Waals surface area contributed by atoms with E-state index in [-0.39, 0.29) is 5.91 Å². The summed E-state index contributed by atoms with van der Waals surface area (Å²) in [7, 11) is 0. The first-order chi connectivity index (χ1) is 10.1. The molecule has 4 heteroatoms. The number of rotatable bonds is 5. The summed E-state index contributed by atoms with van der Waals surface area (Å²) in [5.41, 5.74) is 2.76. The van der Waals surface area contributed by atoms with Gasteiger partial charge in [-0.2, -0.15) is 0 Å². The summed E-state index contributed by atoms with van der Waals surface area (Å²) >= 11 is 0. The first-order valence-corrected chi connectivity index (χ1v) is 6.77. The Morgan fingerprint density at radius 3 is 2.67 bits per heavy atom. The third-order valence-electron chi connectivity index (χ3n) is 2.88. The van der Waals surface area contributed by atoms with Crippen LogP contribution in [0.4, 0.5) is 5.69 Å². The van der Waals surface area contributed by atoms with Crippen molar-refractivity contribution in [2.45, 2.75) is 20.0 Å². The minimum absolute atomic E-state index is 0.231. The van der Waals surface area contributed by atoms with Crippen molar-refractivity contribution in [1.82, 2.24) is 0 Å². The molecule has 1 amide bonds. The van der Waals surface area contributed by atoms with Crippen molar-refractivity contribution in [3.8, 4) is 0 Å². The maximum atomic E-state index is 12.0. The Morgan fingerprint density at radius 1 is 1.19 bits per heavy atom.